The summed E-state index contributed by atoms with van der Waals surface area (Å²) in [4.78, 5) is 22.6. The zero-order chi connectivity index (χ0) is 18.0. The predicted octanol–water partition coefficient (Wildman–Crippen LogP) is 3.04. The summed E-state index contributed by atoms with van der Waals surface area (Å²) in [7, 11) is 0. The molecule has 1 aliphatic heterocycles. The van der Waals surface area contributed by atoms with E-state index in [2.05, 4.69) is 40.3 Å². The summed E-state index contributed by atoms with van der Waals surface area (Å²) in [5, 5.41) is 3.04. The molecule has 0 unspecified atom stereocenters. The molecule has 0 spiro atoms. The number of H-pyrrole nitrogens is 1. The van der Waals surface area contributed by atoms with Crippen LogP contribution in [0, 0.1) is 12.8 Å². The number of piperidine rings is 1. The van der Waals surface area contributed by atoms with Crippen molar-refractivity contribution in [3.63, 3.8) is 0 Å². The van der Waals surface area contributed by atoms with Crippen LogP contribution in [0.4, 0.5) is 0 Å². The van der Waals surface area contributed by atoms with Crippen LogP contribution in [0.1, 0.15) is 45.0 Å². The number of aryl methyl sites for hydroxylation is 1. The van der Waals surface area contributed by atoms with E-state index in [1.165, 1.54) is 5.56 Å². The van der Waals surface area contributed by atoms with Gasteiger partial charge in [0.2, 0.25) is 5.91 Å². The van der Waals surface area contributed by atoms with E-state index in [1.54, 1.807) is 0 Å². The lowest BCUT2D eigenvalue weighted by Crippen LogP contribution is -2.47. The predicted molar refractivity (Wildman–Crippen MR) is 102 cm³/mol. The van der Waals surface area contributed by atoms with Gasteiger partial charge < -0.3 is 10.3 Å². The van der Waals surface area contributed by atoms with Gasteiger partial charge in [0.1, 0.15) is 5.82 Å². The average Bonchev–Trinajstić information content (AvgIpc) is 2.91. The van der Waals surface area contributed by atoms with Crippen LogP contribution in [0.2, 0.25) is 0 Å². The summed E-state index contributed by atoms with van der Waals surface area (Å²) < 4.78 is 0. The van der Waals surface area contributed by atoms with E-state index < -0.39 is 0 Å². The number of carbonyl (C=O) groups excluding carboxylic acids is 1. The molecule has 3 rings (SSSR count). The number of nitrogens with one attached hydrogen (secondary N) is 2. The zero-order valence-electron chi connectivity index (χ0n) is 15.9. The number of hydrogen-bond donors (Lipinski definition) is 2. The highest BCUT2D eigenvalue weighted by Gasteiger charge is 2.23. The van der Waals surface area contributed by atoms with E-state index in [0.717, 1.165) is 49.2 Å². The van der Waals surface area contributed by atoms with Crippen molar-refractivity contribution in [2.24, 2.45) is 5.92 Å². The minimum atomic E-state index is -0.158. The second-order valence-corrected chi connectivity index (χ2v) is 8.38. The van der Waals surface area contributed by atoms with Crippen LogP contribution < -0.4 is 5.32 Å². The van der Waals surface area contributed by atoms with Gasteiger partial charge in [0.05, 0.1) is 17.6 Å². The molecule has 1 amide bonds. The lowest BCUT2D eigenvalue weighted by atomic mass is 9.93. The Hall–Kier alpha value is -1.88. The van der Waals surface area contributed by atoms with Crippen molar-refractivity contribution in [2.45, 2.75) is 52.5 Å². The van der Waals surface area contributed by atoms with E-state index in [9.17, 15) is 4.79 Å². The number of nitrogens with zero attached hydrogens (tertiary/aromatic N) is 2. The SMILES string of the molecule is Cc1cccc2[nH]c(CC3CCN(CC(=O)NC(C)(C)C)CC3)nc12. The highest BCUT2D eigenvalue weighted by Crippen LogP contribution is 2.23. The first kappa shape index (κ1) is 17.9. The molecule has 0 bridgehead atoms. The molecule has 25 heavy (non-hydrogen) atoms. The molecule has 0 atom stereocenters. The number of likely N-dealkylation sites (tertiary alicyclic amines) is 1. The summed E-state index contributed by atoms with van der Waals surface area (Å²) in [5.41, 5.74) is 3.29. The summed E-state index contributed by atoms with van der Waals surface area (Å²) in [6.45, 7) is 10.6. The van der Waals surface area contributed by atoms with E-state index >= 15 is 0 Å². The number of aromatic nitrogens is 2. The number of amides is 1. The number of carbonyl (C=O) groups is 1. The Balaban J connectivity index is 1.50. The van der Waals surface area contributed by atoms with Gasteiger partial charge in [0.25, 0.3) is 0 Å². The molecule has 1 saturated heterocycles. The molecule has 2 aromatic rings. The summed E-state index contributed by atoms with van der Waals surface area (Å²) in [6, 6.07) is 6.27. The number of hydrogen-bond acceptors (Lipinski definition) is 3. The standard InChI is InChI=1S/C20H30N4O/c1-14-6-5-7-16-19(14)22-17(21-16)12-15-8-10-24(11-9-15)13-18(25)23-20(2,3)4/h5-7,15H,8-13H2,1-4H3,(H,21,22)(H,23,25). The fourth-order valence-corrected chi connectivity index (χ4v) is 3.61. The molecule has 1 fully saturated rings. The van der Waals surface area contributed by atoms with Crippen molar-refractivity contribution in [3.8, 4) is 0 Å². The van der Waals surface area contributed by atoms with Gasteiger partial charge in [-0.2, -0.15) is 0 Å². The molecule has 136 valence electrons. The molecule has 0 aliphatic carbocycles. The van der Waals surface area contributed by atoms with Crippen molar-refractivity contribution < 1.29 is 4.79 Å². The van der Waals surface area contributed by atoms with Crippen LogP contribution >= 0.6 is 0 Å². The van der Waals surface area contributed by atoms with Crippen molar-refractivity contribution in [2.75, 3.05) is 19.6 Å². The van der Waals surface area contributed by atoms with Crippen LogP contribution in [0.5, 0.6) is 0 Å². The summed E-state index contributed by atoms with van der Waals surface area (Å²) in [6.07, 6.45) is 3.24. The molecule has 1 aliphatic rings. The van der Waals surface area contributed by atoms with Gasteiger partial charge >= 0.3 is 0 Å². The van der Waals surface area contributed by atoms with Crippen LogP contribution in [0.3, 0.4) is 0 Å². The maximum absolute atomic E-state index is 12.1. The monoisotopic (exact) mass is 342 g/mol. The Morgan fingerprint density at radius 1 is 1.32 bits per heavy atom. The number of aromatic amines is 1. The number of fused-ring (bicyclic) bond motifs is 1. The zero-order valence-corrected chi connectivity index (χ0v) is 15.9. The third-order valence-electron chi connectivity index (χ3n) is 4.83. The Morgan fingerprint density at radius 2 is 2.04 bits per heavy atom. The first-order valence-corrected chi connectivity index (χ1v) is 9.28. The van der Waals surface area contributed by atoms with Gasteiger partial charge in [-0.05, 0) is 71.2 Å². The Labute approximate surface area is 150 Å². The number of benzene rings is 1. The highest BCUT2D eigenvalue weighted by atomic mass is 16.2. The largest absolute Gasteiger partial charge is 0.350 e. The van der Waals surface area contributed by atoms with Gasteiger partial charge in [0, 0.05) is 12.0 Å². The first-order valence-electron chi connectivity index (χ1n) is 9.28. The van der Waals surface area contributed by atoms with Crippen LogP contribution in [-0.2, 0) is 11.2 Å². The van der Waals surface area contributed by atoms with Crippen molar-refractivity contribution >= 4 is 16.9 Å². The third kappa shape index (κ3) is 4.82. The van der Waals surface area contributed by atoms with Gasteiger partial charge in [-0.3, -0.25) is 9.69 Å². The molecule has 5 nitrogen and oxygen atoms in total. The molecule has 2 N–H and O–H groups in total. The second kappa shape index (κ2) is 7.16. The highest BCUT2D eigenvalue weighted by molar-refractivity contribution is 5.79. The van der Waals surface area contributed by atoms with Crippen LogP contribution in [0.15, 0.2) is 18.2 Å². The number of rotatable bonds is 4. The normalized spacial score (nSPS) is 17.1. The molecule has 0 saturated carbocycles. The minimum Gasteiger partial charge on any atom is -0.350 e. The molecule has 1 aromatic carbocycles. The topological polar surface area (TPSA) is 61.0 Å². The van der Waals surface area contributed by atoms with Gasteiger partial charge in [0.15, 0.2) is 0 Å². The molecule has 1 aromatic heterocycles. The van der Waals surface area contributed by atoms with Gasteiger partial charge in [-0.25, -0.2) is 4.98 Å². The fraction of sp³-hybridized carbons (Fsp3) is 0.600. The number of para-hydroxylation sites is 1. The van der Waals surface area contributed by atoms with E-state index in [1.807, 2.05) is 20.8 Å². The Kier molecular flexibility index (Phi) is 5.13. The summed E-state index contributed by atoms with van der Waals surface area (Å²) >= 11 is 0. The van der Waals surface area contributed by atoms with Crippen molar-refractivity contribution in [3.05, 3.63) is 29.6 Å². The molecule has 2 heterocycles. The Morgan fingerprint density at radius 3 is 2.68 bits per heavy atom. The van der Waals surface area contributed by atoms with Crippen molar-refractivity contribution in [1.29, 1.82) is 0 Å². The first-order chi connectivity index (χ1) is 11.8. The van der Waals surface area contributed by atoms with E-state index in [4.69, 9.17) is 4.98 Å². The quantitative estimate of drug-likeness (QED) is 0.898. The maximum Gasteiger partial charge on any atom is 0.234 e. The second-order valence-electron chi connectivity index (χ2n) is 8.38. The van der Waals surface area contributed by atoms with Gasteiger partial charge in [-0.1, -0.05) is 12.1 Å². The fourth-order valence-electron chi connectivity index (χ4n) is 3.61. The van der Waals surface area contributed by atoms with E-state index in [0.29, 0.717) is 12.5 Å². The summed E-state index contributed by atoms with van der Waals surface area (Å²) in [5.74, 6) is 1.86. The minimum absolute atomic E-state index is 0.124. The lowest BCUT2D eigenvalue weighted by Gasteiger charge is -2.32. The smallest absolute Gasteiger partial charge is 0.234 e. The maximum atomic E-state index is 12.1. The Bertz CT molecular complexity index is 736. The third-order valence-corrected chi connectivity index (χ3v) is 4.83. The molecular weight excluding hydrogens is 312 g/mol. The average molecular weight is 342 g/mol. The lowest BCUT2D eigenvalue weighted by molar-refractivity contribution is -0.124. The van der Waals surface area contributed by atoms with Crippen LogP contribution in [0.25, 0.3) is 11.0 Å². The molecule has 0 radical (unpaired) electrons. The number of imidazole rings is 1. The van der Waals surface area contributed by atoms with Gasteiger partial charge in [-0.15, -0.1) is 0 Å². The van der Waals surface area contributed by atoms with Crippen molar-refractivity contribution in [1.82, 2.24) is 20.2 Å². The van der Waals surface area contributed by atoms with Crippen LogP contribution in [-0.4, -0.2) is 45.9 Å². The van der Waals surface area contributed by atoms with E-state index in [-0.39, 0.29) is 11.4 Å². The molecule has 5 heteroatoms. The molecular formula is C20H30N4O.